The number of amides is 1. The van der Waals surface area contributed by atoms with Gasteiger partial charge in [-0.05, 0) is 76.3 Å². The highest BCUT2D eigenvalue weighted by Crippen LogP contribution is 2.46. The van der Waals surface area contributed by atoms with E-state index in [1.807, 2.05) is 36.6 Å². The highest BCUT2D eigenvalue weighted by Gasteiger charge is 2.49. The summed E-state index contributed by atoms with van der Waals surface area (Å²) < 4.78 is 19.0. The van der Waals surface area contributed by atoms with E-state index >= 15 is 0 Å². The molecule has 46 heavy (non-hydrogen) atoms. The zero-order chi connectivity index (χ0) is 33.3. The molecule has 1 fully saturated rings. The number of aliphatic hydroxyl groups is 1. The number of pyridine rings is 1. The third-order valence-corrected chi connectivity index (χ3v) is 8.88. The third-order valence-electron chi connectivity index (χ3n) is 7.74. The summed E-state index contributed by atoms with van der Waals surface area (Å²) in [7, 11) is 0. The zero-order valence-electron chi connectivity index (χ0n) is 27.0. The molecule has 4 heterocycles. The maximum absolute atomic E-state index is 13.9. The van der Waals surface area contributed by atoms with Crippen LogP contribution in [0.5, 0.6) is 11.5 Å². The van der Waals surface area contributed by atoms with Crippen LogP contribution in [-0.2, 0) is 14.3 Å². The van der Waals surface area contributed by atoms with Crippen molar-refractivity contribution in [3.05, 3.63) is 75.2 Å². The van der Waals surface area contributed by atoms with Gasteiger partial charge in [0.05, 0.1) is 42.8 Å². The standard InChI is InChI=1S/C34H38N4O7S/c1-8-43-24-17-22(12-13-23(24)45-16-14-18(3)4)27-25(28(39)26-21(7)37-15-10-11-19(5)31(37)36-26)29(40)32(41)38(27)34-35-20(6)30(46-34)33(42)44-9-2/h10-13,15,17-18,27,39H,8-9,14,16H2,1-7H3. The predicted octanol–water partition coefficient (Wildman–Crippen LogP) is 6.34. The van der Waals surface area contributed by atoms with Crippen LogP contribution in [0.3, 0.4) is 0 Å². The summed E-state index contributed by atoms with van der Waals surface area (Å²) in [5.74, 6) is -1.40. The lowest BCUT2D eigenvalue weighted by molar-refractivity contribution is -0.132. The lowest BCUT2D eigenvalue weighted by atomic mass is 9.96. The van der Waals surface area contributed by atoms with Gasteiger partial charge in [0.25, 0.3) is 5.78 Å². The molecule has 11 nitrogen and oxygen atoms in total. The number of anilines is 1. The van der Waals surface area contributed by atoms with Crippen molar-refractivity contribution in [3.63, 3.8) is 0 Å². The Morgan fingerprint density at radius 1 is 1.04 bits per heavy atom. The van der Waals surface area contributed by atoms with E-state index in [9.17, 15) is 19.5 Å². The van der Waals surface area contributed by atoms with Gasteiger partial charge < -0.3 is 23.7 Å². The highest BCUT2D eigenvalue weighted by molar-refractivity contribution is 7.17. The number of imidazole rings is 1. The topological polar surface area (TPSA) is 133 Å². The normalized spacial score (nSPS) is 16.1. The summed E-state index contributed by atoms with van der Waals surface area (Å²) in [6.07, 6.45) is 2.66. The average Bonchev–Trinajstić information content (AvgIpc) is 3.65. The van der Waals surface area contributed by atoms with E-state index in [-0.39, 0.29) is 27.9 Å². The Morgan fingerprint density at radius 2 is 1.80 bits per heavy atom. The second kappa shape index (κ2) is 13.3. The van der Waals surface area contributed by atoms with Crippen molar-refractivity contribution in [1.29, 1.82) is 0 Å². The van der Waals surface area contributed by atoms with Gasteiger partial charge in [0.1, 0.15) is 16.2 Å². The molecular weight excluding hydrogens is 608 g/mol. The number of ketones is 1. The van der Waals surface area contributed by atoms with Gasteiger partial charge in [-0.3, -0.25) is 14.5 Å². The number of aryl methyl sites for hydroxylation is 3. The minimum atomic E-state index is -1.12. The van der Waals surface area contributed by atoms with Gasteiger partial charge in [0.15, 0.2) is 22.4 Å². The predicted molar refractivity (Wildman–Crippen MR) is 175 cm³/mol. The molecule has 242 valence electrons. The van der Waals surface area contributed by atoms with Crippen LogP contribution >= 0.6 is 11.3 Å². The number of aromatic nitrogens is 3. The fourth-order valence-electron chi connectivity index (χ4n) is 5.38. The molecule has 0 aliphatic carbocycles. The summed E-state index contributed by atoms with van der Waals surface area (Å²) in [6.45, 7) is 14.1. The second-order valence-electron chi connectivity index (χ2n) is 11.4. The summed E-state index contributed by atoms with van der Waals surface area (Å²) in [5, 5.41) is 12.0. The number of hydrogen-bond acceptors (Lipinski definition) is 10. The first-order valence-corrected chi connectivity index (χ1v) is 16.1. The lowest BCUT2D eigenvalue weighted by Gasteiger charge is -2.24. The SMILES string of the molecule is CCOC(=O)c1sc(N2C(=O)C(=O)C(=C(O)c3nc4c(C)cccn4c3C)C2c2ccc(OCCC(C)C)c(OCC)c2)nc1C. The van der Waals surface area contributed by atoms with Crippen LogP contribution in [0.2, 0.25) is 0 Å². The van der Waals surface area contributed by atoms with Gasteiger partial charge in [0.2, 0.25) is 0 Å². The van der Waals surface area contributed by atoms with Gasteiger partial charge >= 0.3 is 11.9 Å². The van der Waals surface area contributed by atoms with E-state index in [1.54, 1.807) is 39.0 Å². The van der Waals surface area contributed by atoms with E-state index < -0.39 is 29.5 Å². The maximum Gasteiger partial charge on any atom is 0.350 e. The Kier molecular flexibility index (Phi) is 9.47. The van der Waals surface area contributed by atoms with E-state index in [0.29, 0.717) is 53.2 Å². The highest BCUT2D eigenvalue weighted by atomic mass is 32.1. The molecule has 1 aliphatic rings. The van der Waals surface area contributed by atoms with Gasteiger partial charge in [-0.1, -0.05) is 37.3 Å². The molecule has 0 spiro atoms. The molecule has 1 atom stereocenters. The largest absolute Gasteiger partial charge is 0.505 e. The molecule has 0 radical (unpaired) electrons. The number of fused-ring (bicyclic) bond motifs is 1. The first-order valence-electron chi connectivity index (χ1n) is 15.3. The number of carbonyl (C=O) groups is 3. The molecule has 1 unspecified atom stereocenters. The fourth-order valence-corrected chi connectivity index (χ4v) is 6.36. The van der Waals surface area contributed by atoms with Crippen molar-refractivity contribution in [2.24, 2.45) is 5.92 Å². The molecule has 4 aromatic rings. The first kappa shape index (κ1) is 32.7. The third kappa shape index (κ3) is 5.96. The number of thiazole rings is 1. The number of hydrogen-bond donors (Lipinski definition) is 1. The molecule has 5 rings (SSSR count). The minimum Gasteiger partial charge on any atom is -0.505 e. The van der Waals surface area contributed by atoms with Crippen molar-refractivity contribution in [1.82, 2.24) is 14.4 Å². The summed E-state index contributed by atoms with van der Waals surface area (Å²) in [4.78, 5) is 51.0. The van der Waals surface area contributed by atoms with Crippen molar-refractivity contribution >= 4 is 45.5 Å². The molecule has 1 saturated heterocycles. The van der Waals surface area contributed by atoms with Gasteiger partial charge in [-0.15, -0.1) is 0 Å². The Labute approximate surface area is 271 Å². The smallest absolute Gasteiger partial charge is 0.350 e. The summed E-state index contributed by atoms with van der Waals surface area (Å²) >= 11 is 0.946. The summed E-state index contributed by atoms with van der Waals surface area (Å²) in [5.41, 5.74) is 2.94. The number of ether oxygens (including phenoxy) is 3. The Bertz CT molecular complexity index is 1860. The monoisotopic (exact) mass is 646 g/mol. The number of rotatable bonds is 11. The molecule has 1 aromatic carbocycles. The molecule has 12 heteroatoms. The lowest BCUT2D eigenvalue weighted by Crippen LogP contribution is -2.29. The van der Waals surface area contributed by atoms with E-state index in [2.05, 4.69) is 23.8 Å². The van der Waals surface area contributed by atoms with E-state index in [0.717, 1.165) is 23.3 Å². The van der Waals surface area contributed by atoms with Gasteiger partial charge in [0, 0.05) is 6.20 Å². The minimum absolute atomic E-state index is 0.115. The first-order chi connectivity index (χ1) is 22.0. The molecule has 3 aromatic heterocycles. The number of Topliss-reactive ketones (excluding diaryl/α,β-unsaturated/α-hetero) is 1. The van der Waals surface area contributed by atoms with Crippen LogP contribution in [0.4, 0.5) is 5.13 Å². The number of nitrogens with zero attached hydrogens (tertiary/aromatic N) is 4. The summed E-state index contributed by atoms with van der Waals surface area (Å²) in [6, 6.07) is 7.82. The molecule has 1 aliphatic heterocycles. The van der Waals surface area contributed by atoms with Crippen LogP contribution in [0, 0.1) is 26.7 Å². The molecular formula is C34H38N4O7S. The van der Waals surface area contributed by atoms with Crippen molar-refractivity contribution in [2.45, 2.75) is 60.9 Å². The van der Waals surface area contributed by atoms with E-state index in [1.165, 1.54) is 4.90 Å². The molecule has 1 amide bonds. The van der Waals surface area contributed by atoms with Crippen molar-refractivity contribution in [3.8, 4) is 11.5 Å². The number of esters is 1. The number of aliphatic hydroxyl groups excluding tert-OH is 1. The number of benzene rings is 1. The van der Waals surface area contributed by atoms with Crippen LogP contribution < -0.4 is 14.4 Å². The molecule has 0 bridgehead atoms. The van der Waals surface area contributed by atoms with Crippen LogP contribution in [0.25, 0.3) is 11.4 Å². The van der Waals surface area contributed by atoms with Crippen LogP contribution in [0.1, 0.15) is 78.0 Å². The van der Waals surface area contributed by atoms with Gasteiger partial charge in [-0.2, -0.15) is 0 Å². The average molecular weight is 647 g/mol. The quantitative estimate of drug-likeness (QED) is 0.0858. The second-order valence-corrected chi connectivity index (χ2v) is 12.4. The van der Waals surface area contributed by atoms with Crippen molar-refractivity contribution < 1.29 is 33.7 Å². The van der Waals surface area contributed by atoms with Crippen molar-refractivity contribution in [2.75, 3.05) is 24.7 Å². The maximum atomic E-state index is 13.9. The number of carbonyl (C=O) groups excluding carboxylic acids is 3. The zero-order valence-corrected chi connectivity index (χ0v) is 27.9. The molecule has 1 N–H and O–H groups in total. The fraction of sp³-hybridized carbons (Fsp3) is 0.382. The van der Waals surface area contributed by atoms with Gasteiger partial charge in [-0.25, -0.2) is 14.8 Å². The van der Waals surface area contributed by atoms with E-state index in [4.69, 9.17) is 14.2 Å². The molecule has 0 saturated carbocycles. The van der Waals surface area contributed by atoms with Crippen LogP contribution in [0.15, 0.2) is 42.1 Å². The Hall–Kier alpha value is -4.71. The van der Waals surface area contributed by atoms with Crippen LogP contribution in [-0.4, -0.2) is 57.0 Å². The Balaban J connectivity index is 1.71. The Morgan fingerprint density at radius 3 is 2.48 bits per heavy atom.